The zero-order valence-corrected chi connectivity index (χ0v) is 14.7. The number of carbonyl (C=O) groups is 2. The van der Waals surface area contributed by atoms with Crippen LogP contribution in [-0.4, -0.2) is 95.7 Å². The van der Waals surface area contributed by atoms with Crippen molar-refractivity contribution in [3.05, 3.63) is 30.0 Å². The lowest BCUT2D eigenvalue weighted by Gasteiger charge is -2.36. The van der Waals surface area contributed by atoms with E-state index in [1.54, 1.807) is 4.90 Å². The normalized spacial score (nSPS) is 19.1. The van der Waals surface area contributed by atoms with Gasteiger partial charge in [0.2, 0.25) is 5.91 Å². The Morgan fingerprint density at radius 1 is 1.00 bits per heavy atom. The van der Waals surface area contributed by atoms with E-state index in [4.69, 9.17) is 4.74 Å². The van der Waals surface area contributed by atoms with Crippen molar-refractivity contribution in [3.63, 3.8) is 0 Å². The Labute approximate surface area is 151 Å². The molecule has 138 valence electrons. The van der Waals surface area contributed by atoms with Crippen LogP contribution in [0.15, 0.2) is 24.3 Å². The molecule has 1 N–H and O–H groups in total. The standard InChI is InChI=1S/C18H23N5O3/c24-16(13-21-9-11-26-12-10-21)22-5-7-23(8-6-22)18(25)17-14-3-1-2-4-15(14)19-20-17/h1-4H,5-13H2,(H,19,20). The number of para-hydroxylation sites is 1. The van der Waals surface area contributed by atoms with Crippen LogP contribution in [0.2, 0.25) is 0 Å². The monoisotopic (exact) mass is 357 g/mol. The smallest absolute Gasteiger partial charge is 0.275 e. The third kappa shape index (κ3) is 3.42. The van der Waals surface area contributed by atoms with Gasteiger partial charge in [-0.3, -0.25) is 19.6 Å². The van der Waals surface area contributed by atoms with Gasteiger partial charge in [-0.25, -0.2) is 0 Å². The molecule has 0 radical (unpaired) electrons. The molecular weight excluding hydrogens is 334 g/mol. The lowest BCUT2D eigenvalue weighted by atomic mass is 10.2. The summed E-state index contributed by atoms with van der Waals surface area (Å²) in [5.41, 5.74) is 1.31. The molecule has 2 aromatic rings. The van der Waals surface area contributed by atoms with E-state index in [1.807, 2.05) is 29.2 Å². The van der Waals surface area contributed by atoms with E-state index in [-0.39, 0.29) is 11.8 Å². The highest BCUT2D eigenvalue weighted by molar-refractivity contribution is 6.04. The number of nitrogens with zero attached hydrogens (tertiary/aromatic N) is 4. The SMILES string of the molecule is O=C(CN1CCOCC1)N1CCN(C(=O)c2n[nH]c3ccccc23)CC1. The first-order valence-corrected chi connectivity index (χ1v) is 9.02. The number of aromatic nitrogens is 2. The number of H-pyrrole nitrogens is 1. The molecule has 2 fully saturated rings. The highest BCUT2D eigenvalue weighted by Crippen LogP contribution is 2.17. The number of rotatable bonds is 3. The average Bonchev–Trinajstić information content (AvgIpc) is 3.12. The Kier molecular flexibility index (Phi) is 4.85. The van der Waals surface area contributed by atoms with Gasteiger partial charge >= 0.3 is 0 Å². The van der Waals surface area contributed by atoms with E-state index in [0.29, 0.717) is 51.6 Å². The maximum atomic E-state index is 12.8. The van der Waals surface area contributed by atoms with E-state index in [9.17, 15) is 9.59 Å². The van der Waals surface area contributed by atoms with Crippen molar-refractivity contribution in [2.75, 3.05) is 59.0 Å². The summed E-state index contributed by atoms with van der Waals surface area (Å²) < 4.78 is 5.31. The van der Waals surface area contributed by atoms with E-state index >= 15 is 0 Å². The van der Waals surface area contributed by atoms with Crippen LogP contribution in [0.1, 0.15) is 10.5 Å². The Morgan fingerprint density at radius 3 is 2.46 bits per heavy atom. The van der Waals surface area contributed by atoms with Crippen molar-refractivity contribution in [2.24, 2.45) is 0 Å². The summed E-state index contributed by atoms with van der Waals surface area (Å²) in [5.74, 6) is 0.0481. The molecule has 26 heavy (non-hydrogen) atoms. The zero-order valence-electron chi connectivity index (χ0n) is 14.7. The highest BCUT2D eigenvalue weighted by atomic mass is 16.5. The second kappa shape index (κ2) is 7.43. The second-order valence-electron chi connectivity index (χ2n) is 6.68. The van der Waals surface area contributed by atoms with Gasteiger partial charge in [-0.05, 0) is 6.07 Å². The quantitative estimate of drug-likeness (QED) is 0.847. The van der Waals surface area contributed by atoms with Crippen molar-refractivity contribution < 1.29 is 14.3 Å². The summed E-state index contributed by atoms with van der Waals surface area (Å²) in [5, 5.41) is 7.93. The first kappa shape index (κ1) is 17.0. The molecule has 4 rings (SSSR count). The van der Waals surface area contributed by atoms with Gasteiger partial charge in [0.05, 0.1) is 25.3 Å². The molecule has 8 nitrogen and oxygen atoms in total. The molecule has 2 amide bonds. The lowest BCUT2D eigenvalue weighted by Crippen LogP contribution is -2.53. The molecule has 0 spiro atoms. The van der Waals surface area contributed by atoms with Crippen LogP contribution in [0.4, 0.5) is 0 Å². The predicted molar refractivity (Wildman–Crippen MR) is 95.8 cm³/mol. The van der Waals surface area contributed by atoms with Crippen LogP contribution in [0.3, 0.4) is 0 Å². The number of morpholine rings is 1. The minimum Gasteiger partial charge on any atom is -0.379 e. The molecular formula is C18H23N5O3. The van der Waals surface area contributed by atoms with Crippen LogP contribution in [0.5, 0.6) is 0 Å². The van der Waals surface area contributed by atoms with E-state index < -0.39 is 0 Å². The number of piperazine rings is 1. The molecule has 2 saturated heterocycles. The Balaban J connectivity index is 1.34. The van der Waals surface area contributed by atoms with E-state index in [0.717, 1.165) is 24.0 Å². The van der Waals surface area contributed by atoms with Crippen LogP contribution in [-0.2, 0) is 9.53 Å². The summed E-state index contributed by atoms with van der Waals surface area (Å²) in [6.07, 6.45) is 0. The van der Waals surface area contributed by atoms with Crippen LogP contribution in [0.25, 0.3) is 10.9 Å². The molecule has 2 aliphatic rings. The summed E-state index contributed by atoms with van der Waals surface area (Å²) in [4.78, 5) is 31.0. The molecule has 0 aliphatic carbocycles. The van der Waals surface area contributed by atoms with Crippen LogP contribution >= 0.6 is 0 Å². The maximum Gasteiger partial charge on any atom is 0.275 e. The first-order chi connectivity index (χ1) is 12.7. The zero-order chi connectivity index (χ0) is 17.9. The third-order valence-electron chi connectivity index (χ3n) is 5.06. The Bertz CT molecular complexity index is 791. The lowest BCUT2D eigenvalue weighted by molar-refractivity contribution is -0.134. The van der Waals surface area contributed by atoms with Gasteiger partial charge in [0.15, 0.2) is 5.69 Å². The van der Waals surface area contributed by atoms with Crippen molar-refractivity contribution in [1.82, 2.24) is 24.9 Å². The second-order valence-corrected chi connectivity index (χ2v) is 6.68. The van der Waals surface area contributed by atoms with E-state index in [2.05, 4.69) is 15.1 Å². The predicted octanol–water partition coefficient (Wildman–Crippen LogP) is 0.180. The van der Waals surface area contributed by atoms with Gasteiger partial charge in [-0.15, -0.1) is 0 Å². The van der Waals surface area contributed by atoms with Crippen LogP contribution < -0.4 is 0 Å². The topological polar surface area (TPSA) is 81.8 Å². The van der Waals surface area contributed by atoms with Gasteiger partial charge in [0.1, 0.15) is 0 Å². The minimum atomic E-state index is -0.0808. The largest absolute Gasteiger partial charge is 0.379 e. The Hall–Kier alpha value is -2.45. The van der Waals surface area contributed by atoms with Gasteiger partial charge in [-0.2, -0.15) is 5.10 Å². The van der Waals surface area contributed by atoms with Gasteiger partial charge in [0, 0.05) is 44.7 Å². The number of carbonyl (C=O) groups excluding carboxylic acids is 2. The van der Waals surface area contributed by atoms with Gasteiger partial charge < -0.3 is 14.5 Å². The number of nitrogens with one attached hydrogen (secondary N) is 1. The van der Waals surface area contributed by atoms with E-state index in [1.165, 1.54) is 0 Å². The highest BCUT2D eigenvalue weighted by Gasteiger charge is 2.28. The molecule has 0 unspecified atom stereocenters. The van der Waals surface area contributed by atoms with Crippen molar-refractivity contribution in [2.45, 2.75) is 0 Å². The molecule has 2 aliphatic heterocycles. The maximum absolute atomic E-state index is 12.8. The van der Waals surface area contributed by atoms with Gasteiger partial charge in [-0.1, -0.05) is 18.2 Å². The third-order valence-corrected chi connectivity index (χ3v) is 5.06. The summed E-state index contributed by atoms with van der Waals surface area (Å²) in [6, 6.07) is 7.61. The molecule has 0 atom stereocenters. The Morgan fingerprint density at radius 2 is 1.69 bits per heavy atom. The number of ether oxygens (including phenoxy) is 1. The molecule has 1 aromatic carbocycles. The number of fused-ring (bicyclic) bond motifs is 1. The molecule has 0 saturated carbocycles. The van der Waals surface area contributed by atoms with Crippen molar-refractivity contribution in [1.29, 1.82) is 0 Å². The summed E-state index contributed by atoms with van der Waals surface area (Å²) in [7, 11) is 0. The molecule has 0 bridgehead atoms. The molecule has 3 heterocycles. The fourth-order valence-corrected chi connectivity index (χ4v) is 3.49. The number of hydrogen-bond acceptors (Lipinski definition) is 5. The summed E-state index contributed by atoms with van der Waals surface area (Å²) >= 11 is 0. The number of hydrogen-bond donors (Lipinski definition) is 1. The minimum absolute atomic E-state index is 0.0808. The average molecular weight is 357 g/mol. The van der Waals surface area contributed by atoms with Crippen molar-refractivity contribution in [3.8, 4) is 0 Å². The molecule has 1 aromatic heterocycles. The van der Waals surface area contributed by atoms with Gasteiger partial charge in [0.25, 0.3) is 5.91 Å². The first-order valence-electron chi connectivity index (χ1n) is 9.02. The fourth-order valence-electron chi connectivity index (χ4n) is 3.49. The van der Waals surface area contributed by atoms with Crippen molar-refractivity contribution >= 4 is 22.7 Å². The number of aromatic amines is 1. The molecule has 8 heteroatoms. The summed E-state index contributed by atoms with van der Waals surface area (Å²) in [6.45, 7) is 5.62. The number of benzene rings is 1. The number of amides is 2. The fraction of sp³-hybridized carbons (Fsp3) is 0.500. The van der Waals surface area contributed by atoms with Crippen LogP contribution in [0, 0.1) is 0 Å².